The van der Waals surface area contributed by atoms with Gasteiger partial charge in [-0.3, -0.25) is 4.79 Å². The van der Waals surface area contributed by atoms with Crippen LogP contribution in [0, 0.1) is 0 Å². The van der Waals surface area contributed by atoms with Crippen LogP contribution < -0.4 is 5.73 Å². The Balaban J connectivity index is 1.76. The molecule has 0 fully saturated rings. The molecule has 0 radical (unpaired) electrons. The Morgan fingerprint density at radius 1 is 0.821 bits per heavy atom. The predicted molar refractivity (Wildman–Crippen MR) is 114 cm³/mol. The molecular weight excluding hydrogens is 366 g/mol. The molecule has 28 heavy (non-hydrogen) atoms. The number of aromatic amines is 1. The molecule has 4 nitrogen and oxygen atoms in total. The number of rotatable bonds is 6. The van der Waals surface area contributed by atoms with Crippen LogP contribution in [0.5, 0.6) is 0 Å². The van der Waals surface area contributed by atoms with E-state index in [9.17, 15) is 4.79 Å². The first-order valence-electron chi connectivity index (χ1n) is 8.94. The number of imidazole rings is 1. The van der Waals surface area contributed by atoms with Gasteiger partial charge < -0.3 is 10.7 Å². The average Bonchev–Trinajstić information content (AvgIpc) is 3.18. The van der Waals surface area contributed by atoms with Crippen molar-refractivity contribution in [2.45, 2.75) is 10.4 Å². The van der Waals surface area contributed by atoms with E-state index in [2.05, 4.69) is 4.98 Å². The number of hydrogen-bond acceptors (Lipinski definition) is 3. The van der Waals surface area contributed by atoms with Crippen LogP contribution in [0.4, 0.5) is 0 Å². The molecule has 1 heterocycles. The third kappa shape index (κ3) is 3.85. The fourth-order valence-electron chi connectivity index (χ4n) is 3.06. The van der Waals surface area contributed by atoms with Crippen molar-refractivity contribution < 1.29 is 4.79 Å². The second-order valence-corrected chi connectivity index (χ2v) is 7.40. The minimum atomic E-state index is -0.514. The fraction of sp³-hybridized carbons (Fsp3) is 0.0435. The van der Waals surface area contributed by atoms with Crippen LogP contribution in [0.1, 0.15) is 10.8 Å². The highest BCUT2D eigenvalue weighted by molar-refractivity contribution is 8.00. The molecule has 1 amide bonds. The molecule has 0 saturated heterocycles. The SMILES string of the molecule is NC(=O)C(Sc1nc(-c2ccccc2)c(-c2ccccc2)[nH]1)c1ccccc1. The fourth-order valence-corrected chi connectivity index (χ4v) is 3.99. The van der Waals surface area contributed by atoms with Crippen molar-refractivity contribution in [1.82, 2.24) is 9.97 Å². The summed E-state index contributed by atoms with van der Waals surface area (Å²) in [5, 5.41) is 0.143. The van der Waals surface area contributed by atoms with Crippen LogP contribution in [-0.4, -0.2) is 15.9 Å². The number of benzene rings is 3. The Morgan fingerprint density at radius 2 is 1.36 bits per heavy atom. The van der Waals surface area contributed by atoms with Gasteiger partial charge >= 0.3 is 0 Å². The van der Waals surface area contributed by atoms with Gasteiger partial charge in [0.05, 0.1) is 11.4 Å². The van der Waals surface area contributed by atoms with Gasteiger partial charge in [0.25, 0.3) is 0 Å². The van der Waals surface area contributed by atoms with Gasteiger partial charge in [-0.2, -0.15) is 0 Å². The van der Waals surface area contributed by atoms with Gasteiger partial charge in [0.2, 0.25) is 5.91 Å². The molecule has 138 valence electrons. The molecule has 1 unspecified atom stereocenters. The number of primary amides is 1. The maximum Gasteiger partial charge on any atom is 0.235 e. The zero-order valence-corrected chi connectivity index (χ0v) is 15.9. The van der Waals surface area contributed by atoms with Crippen LogP contribution in [-0.2, 0) is 4.79 Å². The number of nitrogens with two attached hydrogens (primary N) is 1. The number of amides is 1. The summed E-state index contributed by atoms with van der Waals surface area (Å²) in [7, 11) is 0. The third-order valence-electron chi connectivity index (χ3n) is 4.38. The highest BCUT2D eigenvalue weighted by atomic mass is 32.2. The Bertz CT molecular complexity index is 1010. The monoisotopic (exact) mass is 385 g/mol. The lowest BCUT2D eigenvalue weighted by atomic mass is 10.1. The average molecular weight is 385 g/mol. The highest BCUT2D eigenvalue weighted by Crippen LogP contribution is 2.38. The standard InChI is InChI=1S/C23H19N3OS/c24-22(27)21(18-14-8-3-9-15-18)28-23-25-19(16-10-4-1-5-11-16)20(26-23)17-12-6-2-7-13-17/h1-15,21H,(H2,24,27)(H,25,26). The van der Waals surface area contributed by atoms with Gasteiger partial charge in [-0.1, -0.05) is 103 Å². The number of carbonyl (C=O) groups is 1. The molecule has 0 aliphatic heterocycles. The second kappa shape index (κ2) is 8.15. The van der Waals surface area contributed by atoms with Crippen LogP contribution in [0.3, 0.4) is 0 Å². The van der Waals surface area contributed by atoms with Crippen molar-refractivity contribution in [2.75, 3.05) is 0 Å². The van der Waals surface area contributed by atoms with Gasteiger partial charge in [0, 0.05) is 11.1 Å². The normalized spacial score (nSPS) is 11.9. The van der Waals surface area contributed by atoms with E-state index in [-0.39, 0.29) is 0 Å². The zero-order valence-electron chi connectivity index (χ0n) is 15.1. The number of hydrogen-bond donors (Lipinski definition) is 2. The van der Waals surface area contributed by atoms with Crippen molar-refractivity contribution in [2.24, 2.45) is 5.73 Å². The van der Waals surface area contributed by atoms with E-state index in [0.29, 0.717) is 5.16 Å². The molecule has 0 bridgehead atoms. The van der Waals surface area contributed by atoms with E-state index in [4.69, 9.17) is 10.7 Å². The van der Waals surface area contributed by atoms with Crippen molar-refractivity contribution in [1.29, 1.82) is 0 Å². The van der Waals surface area contributed by atoms with Crippen molar-refractivity contribution >= 4 is 17.7 Å². The number of aromatic nitrogens is 2. The number of nitrogens with one attached hydrogen (secondary N) is 1. The first-order valence-corrected chi connectivity index (χ1v) is 9.82. The molecule has 3 N–H and O–H groups in total. The maximum absolute atomic E-state index is 12.1. The van der Waals surface area contributed by atoms with E-state index < -0.39 is 11.2 Å². The quantitative estimate of drug-likeness (QED) is 0.456. The summed E-state index contributed by atoms with van der Waals surface area (Å²) in [6.45, 7) is 0. The van der Waals surface area contributed by atoms with Gasteiger partial charge in [0.15, 0.2) is 5.16 Å². The highest BCUT2D eigenvalue weighted by Gasteiger charge is 2.23. The summed E-state index contributed by atoms with van der Waals surface area (Å²) in [6, 6.07) is 29.6. The summed E-state index contributed by atoms with van der Waals surface area (Å²) in [6.07, 6.45) is 0. The predicted octanol–water partition coefficient (Wildman–Crippen LogP) is 5.06. The molecular formula is C23H19N3OS. The molecule has 1 atom stereocenters. The first kappa shape index (κ1) is 18.1. The Morgan fingerprint density at radius 3 is 1.93 bits per heavy atom. The lowest BCUT2D eigenvalue weighted by molar-refractivity contribution is -0.117. The van der Waals surface area contributed by atoms with Crippen LogP contribution in [0.15, 0.2) is 96.2 Å². The Hall–Kier alpha value is -3.31. The van der Waals surface area contributed by atoms with Gasteiger partial charge in [-0.15, -0.1) is 0 Å². The number of thioether (sulfide) groups is 1. The molecule has 1 aromatic heterocycles. The van der Waals surface area contributed by atoms with E-state index in [1.165, 1.54) is 11.8 Å². The zero-order chi connectivity index (χ0) is 19.3. The topological polar surface area (TPSA) is 71.8 Å². The van der Waals surface area contributed by atoms with Crippen LogP contribution in [0.25, 0.3) is 22.5 Å². The molecule has 4 aromatic rings. The van der Waals surface area contributed by atoms with Crippen molar-refractivity contribution in [3.63, 3.8) is 0 Å². The smallest absolute Gasteiger partial charge is 0.235 e. The molecule has 0 saturated carbocycles. The van der Waals surface area contributed by atoms with Crippen molar-refractivity contribution in [3.05, 3.63) is 96.6 Å². The van der Waals surface area contributed by atoms with E-state index in [1.807, 2.05) is 91.0 Å². The number of nitrogens with zero attached hydrogens (tertiary/aromatic N) is 1. The molecule has 3 aromatic carbocycles. The maximum atomic E-state index is 12.1. The molecule has 0 aliphatic rings. The lowest BCUT2D eigenvalue weighted by Gasteiger charge is -2.11. The molecule has 5 heteroatoms. The van der Waals surface area contributed by atoms with E-state index in [1.54, 1.807) is 0 Å². The molecule has 0 aliphatic carbocycles. The minimum Gasteiger partial charge on any atom is -0.368 e. The minimum absolute atomic E-state index is 0.393. The number of H-pyrrole nitrogens is 1. The summed E-state index contributed by atoms with van der Waals surface area (Å²) in [5.74, 6) is -0.393. The van der Waals surface area contributed by atoms with Crippen molar-refractivity contribution in [3.8, 4) is 22.5 Å². The second-order valence-electron chi connectivity index (χ2n) is 6.31. The molecule has 4 rings (SSSR count). The lowest BCUT2D eigenvalue weighted by Crippen LogP contribution is -2.19. The summed E-state index contributed by atoms with van der Waals surface area (Å²) < 4.78 is 0. The van der Waals surface area contributed by atoms with Gasteiger partial charge in [-0.05, 0) is 5.56 Å². The Labute approximate surface area is 167 Å². The number of carbonyl (C=O) groups excluding carboxylic acids is 1. The van der Waals surface area contributed by atoms with E-state index in [0.717, 1.165) is 28.1 Å². The molecule has 0 spiro atoms. The summed E-state index contributed by atoms with van der Waals surface area (Å²) in [5.41, 5.74) is 10.4. The van der Waals surface area contributed by atoms with E-state index >= 15 is 0 Å². The van der Waals surface area contributed by atoms with Crippen LogP contribution in [0.2, 0.25) is 0 Å². The summed E-state index contributed by atoms with van der Waals surface area (Å²) >= 11 is 1.33. The summed E-state index contributed by atoms with van der Waals surface area (Å²) in [4.78, 5) is 20.3. The van der Waals surface area contributed by atoms with Crippen LogP contribution >= 0.6 is 11.8 Å². The van der Waals surface area contributed by atoms with Gasteiger partial charge in [-0.25, -0.2) is 4.98 Å². The first-order chi connectivity index (χ1) is 13.7. The Kier molecular flexibility index (Phi) is 5.26. The van der Waals surface area contributed by atoms with Gasteiger partial charge in [0.1, 0.15) is 5.25 Å². The third-order valence-corrected chi connectivity index (χ3v) is 5.54. The largest absolute Gasteiger partial charge is 0.368 e.